The SMILES string of the molecule is C=CC[C@@H]1CC[C@H]([C@H]2CC[C@H](CC=C)O2)O1. The molecule has 2 aliphatic heterocycles. The van der Waals surface area contributed by atoms with E-state index in [0.717, 1.165) is 38.5 Å². The van der Waals surface area contributed by atoms with E-state index in [-0.39, 0.29) is 0 Å². The summed E-state index contributed by atoms with van der Waals surface area (Å²) in [7, 11) is 0. The van der Waals surface area contributed by atoms with Gasteiger partial charge < -0.3 is 9.47 Å². The molecular formula is C14H22O2. The third kappa shape index (κ3) is 2.74. The van der Waals surface area contributed by atoms with Gasteiger partial charge in [-0.15, -0.1) is 13.2 Å². The normalized spacial score (nSPS) is 38.8. The predicted molar refractivity (Wildman–Crippen MR) is 65.4 cm³/mol. The maximum Gasteiger partial charge on any atom is 0.0841 e. The van der Waals surface area contributed by atoms with Crippen LogP contribution in [0, 0.1) is 0 Å². The molecule has 2 aliphatic rings. The fourth-order valence-electron chi connectivity index (χ4n) is 2.73. The smallest absolute Gasteiger partial charge is 0.0841 e. The van der Waals surface area contributed by atoms with E-state index < -0.39 is 0 Å². The largest absolute Gasteiger partial charge is 0.372 e. The van der Waals surface area contributed by atoms with E-state index in [1.54, 1.807) is 0 Å². The Hall–Kier alpha value is -0.600. The van der Waals surface area contributed by atoms with Crippen LogP contribution < -0.4 is 0 Å². The lowest BCUT2D eigenvalue weighted by atomic mass is 10.1. The molecule has 2 rings (SSSR count). The van der Waals surface area contributed by atoms with Crippen molar-refractivity contribution in [3.63, 3.8) is 0 Å². The molecule has 0 aliphatic carbocycles. The van der Waals surface area contributed by atoms with Gasteiger partial charge in [0.05, 0.1) is 24.4 Å². The topological polar surface area (TPSA) is 18.5 Å². The highest BCUT2D eigenvalue weighted by atomic mass is 16.6. The highest BCUT2D eigenvalue weighted by molar-refractivity contribution is 4.88. The molecule has 0 aromatic rings. The highest BCUT2D eigenvalue weighted by Crippen LogP contribution is 2.33. The van der Waals surface area contributed by atoms with Crippen LogP contribution in [0.1, 0.15) is 38.5 Å². The summed E-state index contributed by atoms with van der Waals surface area (Å²) in [6.45, 7) is 7.52. The van der Waals surface area contributed by atoms with Crippen LogP contribution in [-0.2, 0) is 9.47 Å². The maximum atomic E-state index is 5.99. The van der Waals surface area contributed by atoms with Crippen LogP contribution in [-0.4, -0.2) is 24.4 Å². The summed E-state index contributed by atoms with van der Waals surface area (Å²) in [4.78, 5) is 0. The van der Waals surface area contributed by atoms with Gasteiger partial charge in [-0.2, -0.15) is 0 Å². The van der Waals surface area contributed by atoms with Crippen molar-refractivity contribution >= 4 is 0 Å². The second-order valence-electron chi connectivity index (χ2n) is 4.80. The van der Waals surface area contributed by atoms with Crippen LogP contribution in [0.2, 0.25) is 0 Å². The Kier molecular flexibility index (Phi) is 4.19. The van der Waals surface area contributed by atoms with Gasteiger partial charge in [0.25, 0.3) is 0 Å². The molecular weight excluding hydrogens is 200 g/mol. The summed E-state index contributed by atoms with van der Waals surface area (Å²) in [5, 5.41) is 0. The van der Waals surface area contributed by atoms with Crippen molar-refractivity contribution in [1.29, 1.82) is 0 Å². The quantitative estimate of drug-likeness (QED) is 0.665. The first-order chi connectivity index (χ1) is 7.83. The Morgan fingerprint density at radius 2 is 1.25 bits per heavy atom. The molecule has 16 heavy (non-hydrogen) atoms. The minimum Gasteiger partial charge on any atom is -0.372 e. The van der Waals surface area contributed by atoms with Gasteiger partial charge in [-0.1, -0.05) is 12.2 Å². The van der Waals surface area contributed by atoms with Crippen LogP contribution >= 0.6 is 0 Å². The Bertz CT molecular complexity index is 223. The van der Waals surface area contributed by atoms with Crippen LogP contribution in [0.5, 0.6) is 0 Å². The number of hydrogen-bond acceptors (Lipinski definition) is 2. The molecule has 2 heterocycles. The first-order valence-electron chi connectivity index (χ1n) is 6.36. The van der Waals surface area contributed by atoms with Gasteiger partial charge in [0.1, 0.15) is 0 Å². The third-order valence-electron chi connectivity index (χ3n) is 3.55. The molecule has 2 heteroatoms. The molecule has 0 spiro atoms. The molecule has 2 fully saturated rings. The Morgan fingerprint density at radius 3 is 1.62 bits per heavy atom. The molecule has 0 bridgehead atoms. The number of hydrogen-bond donors (Lipinski definition) is 0. The van der Waals surface area contributed by atoms with E-state index in [0.29, 0.717) is 24.4 Å². The van der Waals surface area contributed by atoms with Gasteiger partial charge >= 0.3 is 0 Å². The molecule has 0 saturated carbocycles. The van der Waals surface area contributed by atoms with E-state index >= 15 is 0 Å². The van der Waals surface area contributed by atoms with Gasteiger partial charge in [0.2, 0.25) is 0 Å². The highest BCUT2D eigenvalue weighted by Gasteiger charge is 2.36. The molecule has 0 N–H and O–H groups in total. The molecule has 90 valence electrons. The molecule has 0 unspecified atom stereocenters. The monoisotopic (exact) mass is 222 g/mol. The summed E-state index contributed by atoms with van der Waals surface area (Å²) < 4.78 is 12.0. The lowest BCUT2D eigenvalue weighted by Crippen LogP contribution is -2.26. The molecule has 4 atom stereocenters. The van der Waals surface area contributed by atoms with Crippen molar-refractivity contribution in [2.75, 3.05) is 0 Å². The third-order valence-corrected chi connectivity index (χ3v) is 3.55. The van der Waals surface area contributed by atoms with Crippen molar-refractivity contribution in [2.45, 2.75) is 62.9 Å². The summed E-state index contributed by atoms with van der Waals surface area (Å²) in [5.74, 6) is 0. The molecule has 0 radical (unpaired) electrons. The summed E-state index contributed by atoms with van der Waals surface area (Å²) in [5.41, 5.74) is 0. The molecule has 0 aromatic heterocycles. The van der Waals surface area contributed by atoms with Crippen LogP contribution in [0.3, 0.4) is 0 Å². The van der Waals surface area contributed by atoms with Crippen molar-refractivity contribution in [3.05, 3.63) is 25.3 Å². The first-order valence-corrected chi connectivity index (χ1v) is 6.36. The van der Waals surface area contributed by atoms with Gasteiger partial charge in [0.15, 0.2) is 0 Å². The maximum absolute atomic E-state index is 5.99. The van der Waals surface area contributed by atoms with Crippen molar-refractivity contribution in [1.82, 2.24) is 0 Å². The van der Waals surface area contributed by atoms with Gasteiger partial charge in [-0.25, -0.2) is 0 Å². The van der Waals surface area contributed by atoms with Crippen molar-refractivity contribution < 1.29 is 9.47 Å². The second-order valence-corrected chi connectivity index (χ2v) is 4.80. The first kappa shape index (κ1) is 11.9. The minimum atomic E-state index is 0.319. The van der Waals surface area contributed by atoms with Gasteiger partial charge in [0, 0.05) is 0 Å². The Labute approximate surface area is 98.3 Å². The Morgan fingerprint density at radius 1 is 0.812 bits per heavy atom. The van der Waals surface area contributed by atoms with Crippen LogP contribution in [0.15, 0.2) is 25.3 Å². The summed E-state index contributed by atoms with van der Waals surface area (Å²) >= 11 is 0. The lowest BCUT2D eigenvalue weighted by Gasteiger charge is -2.20. The molecule has 2 nitrogen and oxygen atoms in total. The van der Waals surface area contributed by atoms with E-state index in [4.69, 9.17) is 9.47 Å². The fraction of sp³-hybridized carbons (Fsp3) is 0.714. The number of rotatable bonds is 5. The zero-order valence-corrected chi connectivity index (χ0v) is 9.94. The van der Waals surface area contributed by atoms with E-state index in [9.17, 15) is 0 Å². The van der Waals surface area contributed by atoms with Crippen LogP contribution in [0.4, 0.5) is 0 Å². The lowest BCUT2D eigenvalue weighted by molar-refractivity contribution is -0.0633. The average Bonchev–Trinajstić information content (AvgIpc) is 2.87. The fourth-order valence-corrected chi connectivity index (χ4v) is 2.73. The molecule has 0 amide bonds. The summed E-state index contributed by atoms with van der Waals surface area (Å²) in [6, 6.07) is 0. The van der Waals surface area contributed by atoms with Gasteiger partial charge in [-0.3, -0.25) is 0 Å². The second kappa shape index (κ2) is 5.65. The van der Waals surface area contributed by atoms with Crippen molar-refractivity contribution in [3.8, 4) is 0 Å². The van der Waals surface area contributed by atoms with Gasteiger partial charge in [-0.05, 0) is 38.5 Å². The predicted octanol–water partition coefficient (Wildman–Crippen LogP) is 3.23. The molecule has 0 aromatic carbocycles. The summed E-state index contributed by atoms with van der Waals surface area (Å²) in [6.07, 6.45) is 11.8. The van der Waals surface area contributed by atoms with E-state index in [1.807, 2.05) is 12.2 Å². The number of ether oxygens (including phenoxy) is 2. The average molecular weight is 222 g/mol. The zero-order valence-electron chi connectivity index (χ0n) is 9.94. The minimum absolute atomic E-state index is 0.319. The zero-order chi connectivity index (χ0) is 11.4. The van der Waals surface area contributed by atoms with E-state index in [2.05, 4.69) is 13.2 Å². The van der Waals surface area contributed by atoms with E-state index in [1.165, 1.54) is 0 Å². The van der Waals surface area contributed by atoms with Crippen LogP contribution in [0.25, 0.3) is 0 Å². The van der Waals surface area contributed by atoms with Crippen molar-refractivity contribution in [2.24, 2.45) is 0 Å². The Balaban J connectivity index is 1.77. The standard InChI is InChI=1S/C14H22O2/c1-3-5-11-7-9-13(15-11)14-10-8-12(16-14)6-4-2/h3-4,11-14H,1-2,5-10H2/t11-,12+,13-,14-/m1/s1. The molecule has 2 saturated heterocycles.